The van der Waals surface area contributed by atoms with Gasteiger partial charge in [0.05, 0.1) is 39.5 Å². The van der Waals surface area contributed by atoms with Crippen molar-refractivity contribution in [3.63, 3.8) is 0 Å². The van der Waals surface area contributed by atoms with Crippen molar-refractivity contribution >= 4 is 63.3 Å². The van der Waals surface area contributed by atoms with Gasteiger partial charge in [0, 0.05) is 0 Å². The van der Waals surface area contributed by atoms with Gasteiger partial charge >= 0.3 is 0 Å². The average molecular weight is 313 g/mol. The van der Waals surface area contributed by atoms with E-state index in [-0.39, 0.29) is 0 Å². The molecule has 0 saturated carbocycles. The van der Waals surface area contributed by atoms with Gasteiger partial charge in [-0.3, -0.25) is 4.98 Å². The molecule has 1 aromatic carbocycles. The van der Waals surface area contributed by atoms with Gasteiger partial charge in [-0.1, -0.05) is 23.2 Å². The first-order valence-corrected chi connectivity index (χ1v) is 6.58. The second-order valence-corrected chi connectivity index (χ2v) is 4.97. The van der Waals surface area contributed by atoms with Gasteiger partial charge < -0.3 is 11.1 Å². The summed E-state index contributed by atoms with van der Waals surface area (Å²) in [5, 5.41) is 3.91. The minimum Gasteiger partial charge on any atom is -0.382 e. The molecule has 0 saturated heterocycles. The standard InChI is InChI=1S/C10H6Cl2N6S/c11-4-1-5(12)9-10(18-19-17-9)8(4)16-7-3-14-2-6(13)15-7/h1-3H,(H3,13,15,16). The number of hydrogen-bond acceptors (Lipinski definition) is 6. The third-order valence-electron chi connectivity index (χ3n) is 2.35. The summed E-state index contributed by atoms with van der Waals surface area (Å²) in [6, 6.07) is 1.61. The molecule has 1 aliphatic heterocycles. The van der Waals surface area contributed by atoms with Crippen molar-refractivity contribution in [1.82, 2.24) is 9.97 Å². The van der Waals surface area contributed by atoms with Crippen molar-refractivity contribution in [1.29, 1.82) is 0 Å². The van der Waals surface area contributed by atoms with E-state index in [1.165, 1.54) is 12.4 Å². The highest BCUT2D eigenvalue weighted by Gasteiger charge is 2.19. The zero-order chi connectivity index (χ0) is 13.4. The van der Waals surface area contributed by atoms with Crippen molar-refractivity contribution in [2.24, 2.45) is 8.73 Å². The van der Waals surface area contributed by atoms with Crippen LogP contribution in [-0.2, 0) is 11.4 Å². The zero-order valence-corrected chi connectivity index (χ0v) is 11.6. The number of halogens is 2. The van der Waals surface area contributed by atoms with Gasteiger partial charge in [-0.25, -0.2) is 4.98 Å². The molecule has 2 heterocycles. The molecule has 1 aliphatic rings. The fraction of sp³-hybridized carbons (Fsp3) is 0. The number of nitrogens with zero attached hydrogens (tertiary/aromatic N) is 4. The summed E-state index contributed by atoms with van der Waals surface area (Å²) in [5.41, 5.74) is 7.33. The van der Waals surface area contributed by atoms with Gasteiger partial charge in [-0.05, 0) is 6.07 Å². The predicted molar refractivity (Wildman–Crippen MR) is 77.7 cm³/mol. The number of hydrogen-bond donors (Lipinski definition) is 2. The zero-order valence-electron chi connectivity index (χ0n) is 9.26. The lowest BCUT2D eigenvalue weighted by molar-refractivity contribution is 1.21. The van der Waals surface area contributed by atoms with Crippen LogP contribution in [-0.4, -0.2) is 9.97 Å². The van der Waals surface area contributed by atoms with Gasteiger partial charge in [0.15, 0.2) is 5.82 Å². The van der Waals surface area contributed by atoms with E-state index in [1.807, 2.05) is 0 Å². The van der Waals surface area contributed by atoms with Crippen LogP contribution in [0.1, 0.15) is 0 Å². The Hall–Kier alpha value is -1.70. The molecule has 0 unspecified atom stereocenters. The maximum atomic E-state index is 6.17. The molecule has 3 N–H and O–H groups in total. The number of nitrogen functional groups attached to an aromatic ring is 1. The van der Waals surface area contributed by atoms with Crippen molar-refractivity contribution in [3.8, 4) is 0 Å². The third-order valence-corrected chi connectivity index (χ3v) is 3.46. The average Bonchev–Trinajstić information content (AvgIpc) is 2.84. The van der Waals surface area contributed by atoms with Gasteiger partial charge in [0.2, 0.25) is 0 Å². The summed E-state index contributed by atoms with van der Waals surface area (Å²) >= 11 is 13.3. The predicted octanol–water partition coefficient (Wildman–Crippen LogP) is 3.84. The lowest BCUT2D eigenvalue weighted by Crippen LogP contribution is -1.99. The molecule has 0 amide bonds. The molecule has 0 atom stereocenters. The topological polar surface area (TPSA) is 88.5 Å². The first-order chi connectivity index (χ1) is 9.15. The van der Waals surface area contributed by atoms with E-state index in [0.717, 1.165) is 11.4 Å². The van der Waals surface area contributed by atoms with Crippen LogP contribution < -0.4 is 11.1 Å². The van der Waals surface area contributed by atoms with Crippen molar-refractivity contribution in [2.75, 3.05) is 11.1 Å². The largest absolute Gasteiger partial charge is 0.382 e. The SMILES string of the molecule is Nc1cncc(Nc2c(Cl)cc(Cl)c3c2N=S=N3)n1. The highest BCUT2D eigenvalue weighted by Crippen LogP contribution is 2.48. The Morgan fingerprint density at radius 2 is 1.89 bits per heavy atom. The molecule has 0 bridgehead atoms. The first-order valence-electron chi connectivity index (χ1n) is 5.10. The van der Waals surface area contributed by atoms with Crippen LogP contribution in [0.3, 0.4) is 0 Å². The first kappa shape index (κ1) is 12.3. The molecule has 6 nitrogen and oxygen atoms in total. The molecule has 0 radical (unpaired) electrons. The number of fused-ring (bicyclic) bond motifs is 1. The molecular formula is C10H6Cl2N6S. The van der Waals surface area contributed by atoms with Crippen molar-refractivity contribution in [2.45, 2.75) is 0 Å². The van der Waals surface area contributed by atoms with Gasteiger partial charge in [0.25, 0.3) is 0 Å². The smallest absolute Gasteiger partial charge is 0.151 e. The quantitative estimate of drug-likeness (QED) is 0.752. The van der Waals surface area contributed by atoms with E-state index in [9.17, 15) is 0 Å². The highest BCUT2D eigenvalue weighted by atomic mass is 35.5. The summed E-state index contributed by atoms with van der Waals surface area (Å²) in [7, 11) is 0. The van der Waals surface area contributed by atoms with Crippen LogP contribution in [0.15, 0.2) is 27.2 Å². The second-order valence-electron chi connectivity index (χ2n) is 3.63. The molecule has 1 aromatic heterocycles. The molecule has 3 rings (SSSR count). The van der Waals surface area contributed by atoms with E-state index >= 15 is 0 Å². The Labute approximate surface area is 121 Å². The van der Waals surface area contributed by atoms with Gasteiger partial charge in [-0.2, -0.15) is 8.73 Å². The van der Waals surface area contributed by atoms with E-state index in [1.54, 1.807) is 6.07 Å². The number of nitrogens with one attached hydrogen (secondary N) is 1. The Morgan fingerprint density at radius 3 is 2.68 bits per heavy atom. The Bertz CT molecular complexity index is 741. The van der Waals surface area contributed by atoms with Crippen LogP contribution >= 0.6 is 23.2 Å². The molecule has 0 aliphatic carbocycles. The highest BCUT2D eigenvalue weighted by molar-refractivity contribution is 7.58. The summed E-state index contributed by atoms with van der Waals surface area (Å²) in [4.78, 5) is 8.03. The van der Waals surface area contributed by atoms with Crippen LogP contribution in [0.2, 0.25) is 10.0 Å². The second kappa shape index (κ2) is 4.76. The number of aromatic nitrogens is 2. The number of benzene rings is 1. The molecule has 0 fully saturated rings. The van der Waals surface area contributed by atoms with Crippen LogP contribution in [0.4, 0.5) is 28.7 Å². The molecule has 2 aromatic rings. The van der Waals surface area contributed by atoms with Crippen molar-refractivity contribution in [3.05, 3.63) is 28.5 Å². The summed E-state index contributed by atoms with van der Waals surface area (Å²) in [6.07, 6.45) is 2.99. The number of anilines is 3. The van der Waals surface area contributed by atoms with Crippen LogP contribution in [0.5, 0.6) is 0 Å². The van der Waals surface area contributed by atoms with E-state index in [0.29, 0.717) is 38.7 Å². The normalized spacial score (nSPS) is 12.1. The van der Waals surface area contributed by atoms with E-state index in [4.69, 9.17) is 28.9 Å². The van der Waals surface area contributed by atoms with E-state index < -0.39 is 0 Å². The Kier molecular flexibility index (Phi) is 3.09. The minimum absolute atomic E-state index is 0.308. The van der Waals surface area contributed by atoms with Crippen LogP contribution in [0, 0.1) is 0 Å². The van der Waals surface area contributed by atoms with Gasteiger partial charge in [0.1, 0.15) is 17.2 Å². The minimum atomic E-state index is 0.308. The lowest BCUT2D eigenvalue weighted by Gasteiger charge is -2.11. The lowest BCUT2D eigenvalue weighted by atomic mass is 10.2. The molecule has 9 heteroatoms. The molecule has 19 heavy (non-hydrogen) atoms. The number of rotatable bonds is 2. The molecule has 0 spiro atoms. The fourth-order valence-electron chi connectivity index (χ4n) is 1.56. The Balaban J connectivity index is 2.07. The molecular weight excluding hydrogens is 307 g/mol. The number of nitrogens with two attached hydrogens (primary N) is 1. The Morgan fingerprint density at radius 1 is 1.11 bits per heavy atom. The third kappa shape index (κ3) is 2.27. The van der Waals surface area contributed by atoms with Crippen LogP contribution in [0.25, 0.3) is 0 Å². The summed E-state index contributed by atoms with van der Waals surface area (Å²) < 4.78 is 8.30. The maximum Gasteiger partial charge on any atom is 0.151 e. The molecule has 96 valence electrons. The summed E-state index contributed by atoms with van der Waals surface area (Å²) in [6.45, 7) is 0. The fourth-order valence-corrected chi connectivity index (χ4v) is 2.72. The van der Waals surface area contributed by atoms with Gasteiger partial charge in [-0.15, -0.1) is 0 Å². The monoisotopic (exact) mass is 312 g/mol. The summed E-state index contributed by atoms with van der Waals surface area (Å²) in [5.74, 6) is 0.779. The van der Waals surface area contributed by atoms with Crippen molar-refractivity contribution < 1.29 is 0 Å². The van der Waals surface area contributed by atoms with E-state index in [2.05, 4.69) is 24.0 Å². The maximum absolute atomic E-state index is 6.17.